The van der Waals surface area contributed by atoms with Crippen molar-refractivity contribution in [3.8, 4) is 0 Å². The second kappa shape index (κ2) is 4.87. The van der Waals surface area contributed by atoms with Crippen LogP contribution in [0.1, 0.15) is 33.3 Å². The summed E-state index contributed by atoms with van der Waals surface area (Å²) < 4.78 is 0. The number of hydrogen-bond donors (Lipinski definition) is 2. The first kappa shape index (κ1) is 13.7. The molecule has 1 atom stereocenters. The Hall–Kier alpha value is -1.36. The summed E-state index contributed by atoms with van der Waals surface area (Å²) in [5.41, 5.74) is 3.71. The van der Waals surface area contributed by atoms with Crippen molar-refractivity contribution >= 4 is 11.8 Å². The van der Waals surface area contributed by atoms with Crippen molar-refractivity contribution in [2.75, 3.05) is 17.4 Å². The first-order valence-corrected chi connectivity index (χ1v) is 5.80. The molecular formula is C12H23N5. The number of nitrogens with two attached hydrogens (primary N) is 1. The van der Waals surface area contributed by atoms with Crippen molar-refractivity contribution in [1.29, 1.82) is 0 Å². The van der Waals surface area contributed by atoms with E-state index < -0.39 is 0 Å². The van der Waals surface area contributed by atoms with Crippen LogP contribution in [0, 0.1) is 12.3 Å². The molecule has 0 spiro atoms. The zero-order valence-corrected chi connectivity index (χ0v) is 11.6. The van der Waals surface area contributed by atoms with E-state index in [4.69, 9.17) is 5.84 Å². The van der Waals surface area contributed by atoms with Crippen molar-refractivity contribution in [3.63, 3.8) is 0 Å². The van der Waals surface area contributed by atoms with Gasteiger partial charge in [0, 0.05) is 24.8 Å². The fourth-order valence-corrected chi connectivity index (χ4v) is 1.62. The third-order valence-corrected chi connectivity index (χ3v) is 3.24. The van der Waals surface area contributed by atoms with E-state index in [-0.39, 0.29) is 5.41 Å². The average Bonchev–Trinajstić information content (AvgIpc) is 2.26. The molecule has 1 aromatic heterocycles. The van der Waals surface area contributed by atoms with Gasteiger partial charge in [0.15, 0.2) is 0 Å². The van der Waals surface area contributed by atoms with Crippen LogP contribution in [0.2, 0.25) is 0 Å². The van der Waals surface area contributed by atoms with Gasteiger partial charge >= 0.3 is 0 Å². The molecule has 0 aliphatic carbocycles. The van der Waals surface area contributed by atoms with Gasteiger partial charge in [0.05, 0.1) is 0 Å². The summed E-state index contributed by atoms with van der Waals surface area (Å²) in [5.74, 6) is 6.69. The Balaban J connectivity index is 3.07. The Morgan fingerprint density at radius 2 is 2.00 bits per heavy atom. The maximum atomic E-state index is 5.34. The molecule has 1 aromatic rings. The molecule has 1 rings (SSSR count). The number of anilines is 2. The van der Waals surface area contributed by atoms with E-state index in [0.717, 1.165) is 11.4 Å². The molecule has 0 saturated heterocycles. The molecule has 0 saturated carbocycles. The van der Waals surface area contributed by atoms with Gasteiger partial charge in [-0.3, -0.25) is 5.43 Å². The van der Waals surface area contributed by atoms with Gasteiger partial charge in [-0.1, -0.05) is 20.8 Å². The monoisotopic (exact) mass is 237 g/mol. The Morgan fingerprint density at radius 1 is 1.41 bits per heavy atom. The standard InChI is InChI=1S/C12H23N5/c1-8-7-14-11(16-13)15-10(8)17(6)9(2)12(3,4)5/h7,9H,13H2,1-6H3,(H,14,15,16). The summed E-state index contributed by atoms with van der Waals surface area (Å²) in [7, 11) is 2.05. The zero-order chi connectivity index (χ0) is 13.2. The average molecular weight is 237 g/mol. The SMILES string of the molecule is Cc1cnc(NN)nc1N(C)C(C)C(C)(C)C. The van der Waals surface area contributed by atoms with Crippen molar-refractivity contribution in [2.45, 2.75) is 40.7 Å². The molecule has 0 bridgehead atoms. The van der Waals surface area contributed by atoms with E-state index in [1.54, 1.807) is 6.20 Å². The van der Waals surface area contributed by atoms with E-state index in [1.165, 1.54) is 0 Å². The first-order valence-electron chi connectivity index (χ1n) is 5.80. The Bertz CT molecular complexity index is 383. The Labute approximate surface area is 103 Å². The smallest absolute Gasteiger partial charge is 0.239 e. The minimum atomic E-state index is 0.183. The maximum Gasteiger partial charge on any atom is 0.239 e. The van der Waals surface area contributed by atoms with Crippen LogP contribution in [0.15, 0.2) is 6.20 Å². The highest BCUT2D eigenvalue weighted by atomic mass is 15.3. The van der Waals surface area contributed by atoms with Crippen LogP contribution in [0.3, 0.4) is 0 Å². The van der Waals surface area contributed by atoms with Crippen molar-refractivity contribution in [3.05, 3.63) is 11.8 Å². The predicted octanol–water partition coefficient (Wildman–Crippen LogP) is 1.94. The summed E-state index contributed by atoms with van der Waals surface area (Å²) in [6.45, 7) is 10.8. The number of hydrazine groups is 1. The van der Waals surface area contributed by atoms with Crippen LogP contribution in [-0.2, 0) is 0 Å². The minimum Gasteiger partial charge on any atom is -0.356 e. The van der Waals surface area contributed by atoms with E-state index in [9.17, 15) is 0 Å². The first-order chi connectivity index (χ1) is 7.77. The Morgan fingerprint density at radius 3 is 2.47 bits per heavy atom. The molecule has 96 valence electrons. The maximum absolute atomic E-state index is 5.34. The molecule has 0 radical (unpaired) electrons. The zero-order valence-electron chi connectivity index (χ0n) is 11.6. The topological polar surface area (TPSA) is 67.1 Å². The number of hydrogen-bond acceptors (Lipinski definition) is 5. The van der Waals surface area contributed by atoms with Crippen LogP contribution < -0.4 is 16.2 Å². The van der Waals surface area contributed by atoms with Crippen molar-refractivity contribution < 1.29 is 0 Å². The fraction of sp³-hybridized carbons (Fsp3) is 0.667. The molecule has 0 aromatic carbocycles. The second-order valence-electron chi connectivity index (χ2n) is 5.50. The lowest BCUT2D eigenvalue weighted by Gasteiger charge is -2.36. The number of aryl methyl sites for hydroxylation is 1. The van der Waals surface area contributed by atoms with Crippen molar-refractivity contribution in [1.82, 2.24) is 9.97 Å². The molecule has 1 heterocycles. The highest BCUT2D eigenvalue weighted by Gasteiger charge is 2.25. The summed E-state index contributed by atoms with van der Waals surface area (Å²) >= 11 is 0. The van der Waals surface area contributed by atoms with E-state index in [0.29, 0.717) is 12.0 Å². The molecule has 17 heavy (non-hydrogen) atoms. The number of nitrogens with one attached hydrogen (secondary N) is 1. The molecule has 3 N–H and O–H groups in total. The van der Waals surface area contributed by atoms with Gasteiger partial charge in [0.1, 0.15) is 5.82 Å². The van der Waals surface area contributed by atoms with Gasteiger partial charge in [-0.25, -0.2) is 10.8 Å². The molecule has 0 aliphatic rings. The molecule has 0 fully saturated rings. The normalized spacial score (nSPS) is 13.4. The van der Waals surface area contributed by atoms with Crippen molar-refractivity contribution in [2.24, 2.45) is 11.3 Å². The van der Waals surface area contributed by atoms with Crippen LogP contribution in [0.4, 0.5) is 11.8 Å². The molecular weight excluding hydrogens is 214 g/mol. The van der Waals surface area contributed by atoms with Crippen LogP contribution >= 0.6 is 0 Å². The Kier molecular flexibility index (Phi) is 3.93. The van der Waals surface area contributed by atoms with Crippen LogP contribution in [0.25, 0.3) is 0 Å². The van der Waals surface area contributed by atoms with E-state index in [2.05, 4.69) is 48.0 Å². The van der Waals surface area contributed by atoms with Crippen LogP contribution in [-0.4, -0.2) is 23.1 Å². The van der Waals surface area contributed by atoms with Gasteiger partial charge in [-0.05, 0) is 19.3 Å². The second-order valence-corrected chi connectivity index (χ2v) is 5.50. The van der Waals surface area contributed by atoms with Gasteiger partial charge < -0.3 is 4.90 Å². The molecule has 0 aliphatic heterocycles. The highest BCUT2D eigenvalue weighted by Crippen LogP contribution is 2.28. The third-order valence-electron chi connectivity index (χ3n) is 3.24. The van der Waals surface area contributed by atoms with Gasteiger partial charge in [0.25, 0.3) is 0 Å². The van der Waals surface area contributed by atoms with E-state index >= 15 is 0 Å². The van der Waals surface area contributed by atoms with Crippen LogP contribution in [0.5, 0.6) is 0 Å². The molecule has 1 unspecified atom stereocenters. The molecule has 5 nitrogen and oxygen atoms in total. The summed E-state index contributed by atoms with van der Waals surface area (Å²) in [5, 5.41) is 0. The van der Waals surface area contributed by atoms with Gasteiger partial charge in [0.2, 0.25) is 5.95 Å². The predicted molar refractivity (Wildman–Crippen MR) is 71.9 cm³/mol. The molecule has 5 heteroatoms. The quantitative estimate of drug-likeness (QED) is 0.621. The fourth-order valence-electron chi connectivity index (χ4n) is 1.62. The number of nitrogen functional groups attached to an aromatic ring is 1. The number of nitrogens with zero attached hydrogens (tertiary/aromatic N) is 3. The highest BCUT2D eigenvalue weighted by molar-refractivity contribution is 5.49. The lowest BCUT2D eigenvalue weighted by atomic mass is 9.87. The van der Waals surface area contributed by atoms with Gasteiger partial charge in [-0.15, -0.1) is 0 Å². The summed E-state index contributed by atoms with van der Waals surface area (Å²) in [4.78, 5) is 10.7. The summed E-state index contributed by atoms with van der Waals surface area (Å²) in [6.07, 6.45) is 1.78. The number of rotatable bonds is 3. The van der Waals surface area contributed by atoms with E-state index in [1.807, 2.05) is 14.0 Å². The largest absolute Gasteiger partial charge is 0.356 e. The lowest BCUT2D eigenvalue weighted by Crippen LogP contribution is -2.40. The number of aromatic nitrogens is 2. The lowest BCUT2D eigenvalue weighted by molar-refractivity contribution is 0.328. The molecule has 0 amide bonds. The summed E-state index contributed by atoms with van der Waals surface area (Å²) in [6, 6.07) is 0.363. The van der Waals surface area contributed by atoms with Gasteiger partial charge in [-0.2, -0.15) is 4.98 Å². The third kappa shape index (κ3) is 3.06. The minimum absolute atomic E-state index is 0.183.